The van der Waals surface area contributed by atoms with Crippen LogP contribution in [0.1, 0.15) is 41.4 Å². The van der Waals surface area contributed by atoms with Crippen molar-refractivity contribution in [2.45, 2.75) is 26.7 Å². The highest BCUT2D eigenvalue weighted by atomic mass is 16.5. The number of nitrogens with one attached hydrogen (secondary N) is 2. The maximum absolute atomic E-state index is 12.8. The normalized spacial score (nSPS) is 10.6. The summed E-state index contributed by atoms with van der Waals surface area (Å²) in [5.41, 5.74) is 4.01. The van der Waals surface area contributed by atoms with E-state index in [-0.39, 0.29) is 5.91 Å². The summed E-state index contributed by atoms with van der Waals surface area (Å²) in [5, 5.41) is 6.11. The van der Waals surface area contributed by atoms with Gasteiger partial charge in [-0.15, -0.1) is 0 Å². The monoisotopic (exact) mass is 376 g/mol. The van der Waals surface area contributed by atoms with Gasteiger partial charge in [0.1, 0.15) is 11.4 Å². The van der Waals surface area contributed by atoms with Crippen molar-refractivity contribution >= 4 is 23.2 Å². The predicted molar refractivity (Wildman–Crippen MR) is 112 cm³/mol. The lowest BCUT2D eigenvalue weighted by Crippen LogP contribution is -2.17. The molecule has 2 N–H and O–H groups in total. The van der Waals surface area contributed by atoms with Crippen molar-refractivity contribution in [2.75, 3.05) is 17.7 Å². The molecule has 1 heterocycles. The first-order valence-electron chi connectivity index (χ1n) is 9.13. The second kappa shape index (κ2) is 8.52. The molecule has 0 aliphatic carbocycles. The quantitative estimate of drug-likeness (QED) is 0.639. The number of amides is 1. The molecule has 3 aromatic rings. The van der Waals surface area contributed by atoms with Gasteiger partial charge in [0.25, 0.3) is 5.91 Å². The third-order valence-electron chi connectivity index (χ3n) is 4.38. The highest BCUT2D eigenvalue weighted by Gasteiger charge is 2.15. The zero-order chi connectivity index (χ0) is 20.1. The Bertz CT molecular complexity index is 986. The van der Waals surface area contributed by atoms with Crippen molar-refractivity contribution in [3.05, 3.63) is 71.5 Å². The minimum absolute atomic E-state index is 0.271. The smallest absolute Gasteiger partial charge is 0.274 e. The summed E-state index contributed by atoms with van der Waals surface area (Å²) in [6, 6.07) is 15.0. The average Bonchev–Trinajstić information content (AvgIpc) is 2.69. The average molecular weight is 376 g/mol. The summed E-state index contributed by atoms with van der Waals surface area (Å²) in [6.07, 6.45) is 1.56. The highest BCUT2D eigenvalue weighted by Crippen LogP contribution is 2.28. The minimum atomic E-state index is -0.271. The van der Waals surface area contributed by atoms with E-state index in [1.807, 2.05) is 49.4 Å². The molecule has 144 valence electrons. The number of hydrogen-bond donors (Lipinski definition) is 2. The van der Waals surface area contributed by atoms with Crippen LogP contribution in [0.25, 0.3) is 0 Å². The van der Waals surface area contributed by atoms with Crippen LogP contribution in [-0.2, 0) is 0 Å². The zero-order valence-electron chi connectivity index (χ0n) is 16.5. The minimum Gasteiger partial charge on any atom is -0.497 e. The van der Waals surface area contributed by atoms with Gasteiger partial charge in [0.2, 0.25) is 5.95 Å². The van der Waals surface area contributed by atoms with Gasteiger partial charge >= 0.3 is 0 Å². The van der Waals surface area contributed by atoms with Gasteiger partial charge in [-0.2, -0.15) is 0 Å². The van der Waals surface area contributed by atoms with Crippen LogP contribution in [-0.4, -0.2) is 23.0 Å². The van der Waals surface area contributed by atoms with E-state index in [9.17, 15) is 4.79 Å². The van der Waals surface area contributed by atoms with Crippen molar-refractivity contribution in [3.63, 3.8) is 0 Å². The van der Waals surface area contributed by atoms with Crippen LogP contribution in [0, 0.1) is 6.92 Å². The Morgan fingerprint density at radius 2 is 1.89 bits per heavy atom. The van der Waals surface area contributed by atoms with Crippen LogP contribution >= 0.6 is 0 Å². The molecule has 0 spiro atoms. The molecule has 0 unspecified atom stereocenters. The standard InChI is InChI=1S/C22H24N4O2/c1-14(2)18-10-5-7-15(3)20(18)26-21(27)19-11-12-23-22(25-19)24-16-8-6-9-17(13-16)28-4/h5-14H,1-4H3,(H,26,27)(H,23,24,25). The van der Waals surface area contributed by atoms with E-state index in [0.29, 0.717) is 17.6 Å². The number of hydrogen-bond acceptors (Lipinski definition) is 5. The number of carbonyl (C=O) groups excluding carboxylic acids is 1. The van der Waals surface area contributed by atoms with Crippen molar-refractivity contribution in [2.24, 2.45) is 0 Å². The third kappa shape index (κ3) is 4.46. The summed E-state index contributed by atoms with van der Waals surface area (Å²) < 4.78 is 5.22. The highest BCUT2D eigenvalue weighted by molar-refractivity contribution is 6.04. The number of aromatic nitrogens is 2. The first-order chi connectivity index (χ1) is 13.5. The summed E-state index contributed by atoms with van der Waals surface area (Å²) in [4.78, 5) is 21.3. The van der Waals surface area contributed by atoms with Gasteiger partial charge in [0.15, 0.2) is 0 Å². The number of aryl methyl sites for hydroxylation is 1. The first kappa shape index (κ1) is 19.4. The summed E-state index contributed by atoms with van der Waals surface area (Å²) in [6.45, 7) is 6.19. The number of benzene rings is 2. The Balaban J connectivity index is 1.81. The predicted octanol–water partition coefficient (Wildman–Crippen LogP) is 4.91. The molecule has 0 aliphatic rings. The molecule has 0 saturated carbocycles. The molecule has 0 radical (unpaired) electrons. The van der Waals surface area contributed by atoms with Crippen LogP contribution in [0.3, 0.4) is 0 Å². The maximum atomic E-state index is 12.8. The number of nitrogens with zero attached hydrogens (tertiary/aromatic N) is 2. The van der Waals surface area contributed by atoms with Gasteiger partial charge in [-0.1, -0.05) is 38.1 Å². The van der Waals surface area contributed by atoms with Crippen molar-refractivity contribution in [1.82, 2.24) is 9.97 Å². The van der Waals surface area contributed by atoms with Gasteiger partial charge in [0.05, 0.1) is 7.11 Å². The first-order valence-corrected chi connectivity index (χ1v) is 9.13. The number of methoxy groups -OCH3 is 1. The number of anilines is 3. The fourth-order valence-corrected chi connectivity index (χ4v) is 2.90. The third-order valence-corrected chi connectivity index (χ3v) is 4.38. The Labute approximate surface area is 165 Å². The molecular weight excluding hydrogens is 352 g/mol. The molecule has 3 rings (SSSR count). The number of rotatable bonds is 6. The van der Waals surface area contributed by atoms with Crippen LogP contribution in [0.5, 0.6) is 5.75 Å². The molecule has 0 saturated heterocycles. The van der Waals surface area contributed by atoms with Gasteiger partial charge in [-0.25, -0.2) is 9.97 Å². The van der Waals surface area contributed by atoms with Crippen molar-refractivity contribution < 1.29 is 9.53 Å². The van der Waals surface area contributed by atoms with Crippen LogP contribution in [0.15, 0.2) is 54.7 Å². The van der Waals surface area contributed by atoms with E-state index in [4.69, 9.17) is 4.74 Å². The lowest BCUT2D eigenvalue weighted by Gasteiger charge is -2.16. The zero-order valence-corrected chi connectivity index (χ0v) is 16.5. The molecule has 0 aliphatic heterocycles. The second-order valence-electron chi connectivity index (χ2n) is 6.77. The van der Waals surface area contributed by atoms with E-state index >= 15 is 0 Å². The number of ether oxygens (including phenoxy) is 1. The molecule has 2 aromatic carbocycles. The molecule has 6 heteroatoms. The Morgan fingerprint density at radius 1 is 1.11 bits per heavy atom. The number of para-hydroxylation sites is 1. The number of carbonyl (C=O) groups is 1. The van der Waals surface area contributed by atoms with Crippen LogP contribution in [0.2, 0.25) is 0 Å². The SMILES string of the molecule is COc1cccc(Nc2nccc(C(=O)Nc3c(C)cccc3C(C)C)n2)c1. The lowest BCUT2D eigenvalue weighted by atomic mass is 9.98. The van der Waals surface area contributed by atoms with Gasteiger partial charge in [0, 0.05) is 23.6 Å². The second-order valence-corrected chi connectivity index (χ2v) is 6.77. The Hall–Kier alpha value is -3.41. The Kier molecular flexibility index (Phi) is 5.89. The van der Waals surface area contributed by atoms with E-state index in [1.165, 1.54) is 0 Å². The van der Waals surface area contributed by atoms with Crippen LogP contribution in [0.4, 0.5) is 17.3 Å². The largest absolute Gasteiger partial charge is 0.497 e. The molecule has 28 heavy (non-hydrogen) atoms. The molecule has 6 nitrogen and oxygen atoms in total. The van der Waals surface area contributed by atoms with Gasteiger partial charge < -0.3 is 15.4 Å². The van der Waals surface area contributed by atoms with Gasteiger partial charge in [-0.05, 0) is 42.2 Å². The van der Waals surface area contributed by atoms with Crippen molar-refractivity contribution in [1.29, 1.82) is 0 Å². The van der Waals surface area contributed by atoms with Crippen molar-refractivity contribution in [3.8, 4) is 5.75 Å². The molecule has 1 amide bonds. The van der Waals surface area contributed by atoms with E-state index in [1.54, 1.807) is 19.4 Å². The van der Waals surface area contributed by atoms with Gasteiger partial charge in [-0.3, -0.25) is 4.79 Å². The molecule has 0 atom stereocenters. The Morgan fingerprint density at radius 3 is 2.64 bits per heavy atom. The molecule has 0 bridgehead atoms. The lowest BCUT2D eigenvalue weighted by molar-refractivity contribution is 0.102. The fraction of sp³-hybridized carbons (Fsp3) is 0.227. The van der Waals surface area contributed by atoms with E-state index in [0.717, 1.165) is 28.3 Å². The summed E-state index contributed by atoms with van der Waals surface area (Å²) in [5.74, 6) is 1.09. The van der Waals surface area contributed by atoms with E-state index < -0.39 is 0 Å². The maximum Gasteiger partial charge on any atom is 0.274 e. The summed E-state index contributed by atoms with van der Waals surface area (Å²) >= 11 is 0. The molecular formula is C22H24N4O2. The summed E-state index contributed by atoms with van der Waals surface area (Å²) in [7, 11) is 1.61. The van der Waals surface area contributed by atoms with Crippen LogP contribution < -0.4 is 15.4 Å². The molecule has 1 aromatic heterocycles. The topological polar surface area (TPSA) is 76.1 Å². The van der Waals surface area contributed by atoms with E-state index in [2.05, 4.69) is 34.4 Å². The molecule has 0 fully saturated rings. The fourth-order valence-electron chi connectivity index (χ4n) is 2.90.